The van der Waals surface area contributed by atoms with E-state index in [4.69, 9.17) is 9.47 Å². The lowest BCUT2D eigenvalue weighted by Crippen LogP contribution is -2.18. The van der Waals surface area contributed by atoms with Gasteiger partial charge in [0.25, 0.3) is 0 Å². The number of nitrogens with zero attached hydrogens (tertiary/aromatic N) is 1. The first kappa shape index (κ1) is 18.8. The minimum absolute atomic E-state index is 0.00583. The summed E-state index contributed by atoms with van der Waals surface area (Å²) in [6.45, 7) is 0. The van der Waals surface area contributed by atoms with Gasteiger partial charge in [-0.05, 0) is 30.3 Å². The number of sulfonamides is 1. The van der Waals surface area contributed by atoms with Crippen LogP contribution in [0.3, 0.4) is 0 Å². The average molecular weight is 411 g/mol. The normalized spacial score (nSPS) is 11.5. The second-order valence-corrected chi connectivity index (χ2v) is 9.53. The third-order valence-corrected chi connectivity index (χ3v) is 7.21. The maximum Gasteiger partial charge on any atom is 0.233 e. The van der Waals surface area contributed by atoms with Crippen LogP contribution in [0.4, 0.5) is 5.69 Å². The summed E-state index contributed by atoms with van der Waals surface area (Å²) in [7, 11) is -0.277. The number of methoxy groups -OCH3 is 2. The third-order valence-electron chi connectivity index (χ3n) is 3.50. The van der Waals surface area contributed by atoms with Crippen LogP contribution in [0.2, 0.25) is 0 Å². The van der Waals surface area contributed by atoms with Crippen molar-refractivity contribution < 1.29 is 17.9 Å². The molecule has 1 aromatic heterocycles. The first-order valence-corrected chi connectivity index (χ1v) is 11.2. The Morgan fingerprint density at radius 1 is 1.12 bits per heavy atom. The van der Waals surface area contributed by atoms with Crippen LogP contribution in [0.5, 0.6) is 11.5 Å². The molecule has 0 aliphatic rings. The van der Waals surface area contributed by atoms with Gasteiger partial charge in [0.1, 0.15) is 11.5 Å². The van der Waals surface area contributed by atoms with E-state index in [1.54, 1.807) is 31.4 Å². The molecule has 0 spiro atoms. The fraction of sp³-hybridized carbons (Fsp3) is 0.235. The predicted octanol–water partition coefficient (Wildman–Crippen LogP) is 3.85. The van der Waals surface area contributed by atoms with E-state index in [0.29, 0.717) is 17.2 Å². The summed E-state index contributed by atoms with van der Waals surface area (Å²) in [5, 5.41) is 0. The number of hydrogen-bond donors (Lipinski definition) is 1. The van der Waals surface area contributed by atoms with Crippen molar-refractivity contribution in [2.24, 2.45) is 0 Å². The Bertz CT molecular complexity index is 1000. The Morgan fingerprint density at radius 2 is 1.88 bits per heavy atom. The summed E-state index contributed by atoms with van der Waals surface area (Å²) in [5.41, 5.74) is 1.37. The van der Waals surface area contributed by atoms with Gasteiger partial charge in [-0.25, -0.2) is 13.4 Å². The number of thiazole rings is 1. The molecular weight excluding hydrogens is 392 g/mol. The molecule has 0 amide bonds. The van der Waals surface area contributed by atoms with Crippen LogP contribution in [0, 0.1) is 0 Å². The van der Waals surface area contributed by atoms with Gasteiger partial charge in [0, 0.05) is 11.8 Å². The molecular formula is C17H18N2O4S3. The van der Waals surface area contributed by atoms with Crippen molar-refractivity contribution >= 4 is 49.0 Å². The topological polar surface area (TPSA) is 77.5 Å². The largest absolute Gasteiger partial charge is 0.497 e. The number of benzene rings is 2. The van der Waals surface area contributed by atoms with E-state index in [1.807, 2.05) is 18.2 Å². The Morgan fingerprint density at radius 3 is 2.65 bits per heavy atom. The van der Waals surface area contributed by atoms with E-state index >= 15 is 0 Å². The van der Waals surface area contributed by atoms with Crippen molar-refractivity contribution in [1.82, 2.24) is 4.98 Å². The minimum Gasteiger partial charge on any atom is -0.497 e. The number of hydrogen-bond acceptors (Lipinski definition) is 7. The molecule has 138 valence electrons. The summed E-state index contributed by atoms with van der Waals surface area (Å²) in [6.07, 6.45) is 0. The van der Waals surface area contributed by atoms with Crippen LogP contribution in [0.1, 0.15) is 0 Å². The van der Waals surface area contributed by atoms with Gasteiger partial charge in [-0.3, -0.25) is 4.72 Å². The second-order valence-electron chi connectivity index (χ2n) is 5.31. The van der Waals surface area contributed by atoms with Crippen molar-refractivity contribution in [3.8, 4) is 11.5 Å². The van der Waals surface area contributed by atoms with Gasteiger partial charge < -0.3 is 9.47 Å². The number of aromatic nitrogens is 1. The zero-order valence-electron chi connectivity index (χ0n) is 14.3. The molecule has 0 saturated carbocycles. The summed E-state index contributed by atoms with van der Waals surface area (Å²) in [4.78, 5) is 4.51. The van der Waals surface area contributed by atoms with Gasteiger partial charge in [0.05, 0.1) is 35.9 Å². The Kier molecular flexibility index (Phi) is 5.90. The van der Waals surface area contributed by atoms with Gasteiger partial charge >= 0.3 is 0 Å². The van der Waals surface area contributed by atoms with Crippen molar-refractivity contribution in [2.75, 3.05) is 30.4 Å². The molecule has 1 heterocycles. The highest BCUT2D eigenvalue weighted by atomic mass is 32.2. The molecule has 3 aromatic rings. The smallest absolute Gasteiger partial charge is 0.233 e. The fourth-order valence-electron chi connectivity index (χ4n) is 2.23. The quantitative estimate of drug-likeness (QED) is 0.569. The molecule has 0 bridgehead atoms. The Balaban J connectivity index is 1.59. The lowest BCUT2D eigenvalue weighted by atomic mass is 10.3. The predicted molar refractivity (Wildman–Crippen MR) is 107 cm³/mol. The lowest BCUT2D eigenvalue weighted by molar-refractivity contribution is 0.415. The summed E-state index contributed by atoms with van der Waals surface area (Å²) < 4.78 is 39.2. The minimum atomic E-state index is -3.44. The van der Waals surface area contributed by atoms with Gasteiger partial charge in [-0.2, -0.15) is 0 Å². The second kappa shape index (κ2) is 8.15. The first-order valence-electron chi connectivity index (χ1n) is 7.71. The van der Waals surface area contributed by atoms with Crippen molar-refractivity contribution in [3.05, 3.63) is 42.5 Å². The number of nitrogens with one attached hydrogen (secondary N) is 1. The molecule has 2 aromatic carbocycles. The molecule has 0 aliphatic carbocycles. The molecule has 3 rings (SSSR count). The number of fused-ring (bicyclic) bond motifs is 1. The molecule has 0 radical (unpaired) electrons. The highest BCUT2D eigenvalue weighted by molar-refractivity contribution is 8.02. The molecule has 0 saturated heterocycles. The van der Waals surface area contributed by atoms with Crippen LogP contribution in [-0.4, -0.2) is 39.1 Å². The standard InChI is InChI=1S/C17H18N2O4S3/c1-22-13-5-3-4-12(10-13)19-26(20,21)9-8-24-17-18-15-7-6-14(23-2)11-16(15)25-17/h3-7,10-11,19H,8-9H2,1-2H3. The number of rotatable bonds is 8. The van der Waals surface area contributed by atoms with Crippen molar-refractivity contribution in [2.45, 2.75) is 4.34 Å². The monoisotopic (exact) mass is 410 g/mol. The first-order chi connectivity index (χ1) is 12.5. The third kappa shape index (κ3) is 4.80. The van der Waals surface area contributed by atoms with Gasteiger partial charge in [0.15, 0.2) is 4.34 Å². The van der Waals surface area contributed by atoms with Crippen LogP contribution >= 0.6 is 23.1 Å². The van der Waals surface area contributed by atoms with E-state index in [-0.39, 0.29) is 5.75 Å². The van der Waals surface area contributed by atoms with E-state index in [9.17, 15) is 8.42 Å². The van der Waals surface area contributed by atoms with Crippen LogP contribution in [0.15, 0.2) is 46.8 Å². The summed E-state index contributed by atoms with van der Waals surface area (Å²) >= 11 is 2.95. The molecule has 0 aliphatic heterocycles. The summed E-state index contributed by atoms with van der Waals surface area (Å²) in [6, 6.07) is 12.5. The lowest BCUT2D eigenvalue weighted by Gasteiger charge is -2.08. The zero-order valence-corrected chi connectivity index (χ0v) is 16.7. The molecule has 26 heavy (non-hydrogen) atoms. The van der Waals surface area contributed by atoms with E-state index < -0.39 is 10.0 Å². The highest BCUT2D eigenvalue weighted by Gasteiger charge is 2.13. The van der Waals surface area contributed by atoms with Gasteiger partial charge in [-0.1, -0.05) is 17.8 Å². The maximum atomic E-state index is 12.2. The van der Waals surface area contributed by atoms with E-state index in [1.165, 1.54) is 30.2 Å². The number of thioether (sulfide) groups is 1. The molecule has 9 heteroatoms. The highest BCUT2D eigenvalue weighted by Crippen LogP contribution is 2.31. The SMILES string of the molecule is COc1cccc(NS(=O)(=O)CCSc2nc3ccc(OC)cc3s2)c1. The fourth-order valence-corrected chi connectivity index (χ4v) is 5.85. The average Bonchev–Trinajstić information content (AvgIpc) is 3.02. The summed E-state index contributed by atoms with van der Waals surface area (Å²) in [5.74, 6) is 1.79. The van der Waals surface area contributed by atoms with Crippen LogP contribution in [0.25, 0.3) is 10.2 Å². The van der Waals surface area contributed by atoms with E-state index in [2.05, 4.69) is 9.71 Å². The molecule has 0 fully saturated rings. The molecule has 0 atom stereocenters. The molecule has 1 N–H and O–H groups in total. The van der Waals surface area contributed by atoms with Gasteiger partial charge in [-0.15, -0.1) is 11.3 Å². The molecule has 6 nitrogen and oxygen atoms in total. The van der Waals surface area contributed by atoms with Crippen LogP contribution in [-0.2, 0) is 10.0 Å². The number of anilines is 1. The van der Waals surface area contributed by atoms with Crippen molar-refractivity contribution in [1.29, 1.82) is 0 Å². The van der Waals surface area contributed by atoms with Gasteiger partial charge in [0.2, 0.25) is 10.0 Å². The van der Waals surface area contributed by atoms with Crippen LogP contribution < -0.4 is 14.2 Å². The zero-order chi connectivity index (χ0) is 18.6. The maximum absolute atomic E-state index is 12.2. The Labute approximate surface area is 160 Å². The number of ether oxygens (including phenoxy) is 2. The molecule has 0 unspecified atom stereocenters. The van der Waals surface area contributed by atoms with E-state index in [0.717, 1.165) is 20.3 Å². The Hall–Kier alpha value is -1.97. The van der Waals surface area contributed by atoms with Crippen molar-refractivity contribution in [3.63, 3.8) is 0 Å².